The van der Waals surface area contributed by atoms with E-state index in [0.29, 0.717) is 0 Å². The maximum Gasteiger partial charge on any atom is 0.136 e. The van der Waals surface area contributed by atoms with Crippen molar-refractivity contribution in [2.45, 2.75) is 5.41 Å². The van der Waals surface area contributed by atoms with E-state index in [-0.39, 0.29) is 0 Å². The van der Waals surface area contributed by atoms with Gasteiger partial charge in [0.1, 0.15) is 11.2 Å². The van der Waals surface area contributed by atoms with E-state index in [1.807, 2.05) is 0 Å². The third-order valence-corrected chi connectivity index (χ3v) is 10.4. The summed E-state index contributed by atoms with van der Waals surface area (Å²) in [5.74, 6) is 0. The van der Waals surface area contributed by atoms with Crippen LogP contribution in [0.15, 0.2) is 186 Å². The van der Waals surface area contributed by atoms with Crippen LogP contribution in [-0.2, 0) is 5.41 Å². The highest BCUT2D eigenvalue weighted by atomic mass is 16.3. The van der Waals surface area contributed by atoms with Crippen LogP contribution < -0.4 is 0 Å². The topological polar surface area (TPSA) is 13.1 Å². The molecule has 224 valence electrons. The minimum absolute atomic E-state index is 0.456. The average Bonchev–Trinajstić information content (AvgIpc) is 3.67. The fraction of sp³-hybridized carbons (Fsp3) is 0.0213. The van der Waals surface area contributed by atoms with Crippen molar-refractivity contribution in [3.8, 4) is 33.4 Å². The first-order valence-corrected chi connectivity index (χ1v) is 16.6. The minimum atomic E-state index is -0.456. The van der Waals surface area contributed by atoms with E-state index in [1.165, 1.54) is 66.4 Å². The van der Waals surface area contributed by atoms with Gasteiger partial charge in [-0.1, -0.05) is 164 Å². The average molecular weight is 611 g/mol. The van der Waals surface area contributed by atoms with Crippen molar-refractivity contribution < 1.29 is 4.42 Å². The van der Waals surface area contributed by atoms with Crippen LogP contribution in [0.3, 0.4) is 0 Å². The Morgan fingerprint density at radius 1 is 0.354 bits per heavy atom. The SMILES string of the molecule is c1ccc(C2(c3ccccc3)c3ccccc3-c3cc4c(cc32)oc2cccc(-c3ccc(-c5cccc6ccccc56)cc3)c24)cc1. The Labute approximate surface area is 279 Å². The minimum Gasteiger partial charge on any atom is -0.456 e. The Morgan fingerprint density at radius 3 is 1.71 bits per heavy atom. The molecule has 0 atom stereocenters. The van der Waals surface area contributed by atoms with Gasteiger partial charge in [0.05, 0.1) is 5.41 Å². The Balaban J connectivity index is 1.19. The van der Waals surface area contributed by atoms with E-state index in [4.69, 9.17) is 4.42 Å². The summed E-state index contributed by atoms with van der Waals surface area (Å²) in [5, 5.41) is 4.82. The lowest BCUT2D eigenvalue weighted by atomic mass is 9.67. The van der Waals surface area contributed by atoms with Crippen molar-refractivity contribution >= 4 is 32.7 Å². The second-order valence-electron chi connectivity index (χ2n) is 12.8. The molecule has 0 fully saturated rings. The predicted molar refractivity (Wildman–Crippen MR) is 199 cm³/mol. The molecule has 1 nitrogen and oxygen atoms in total. The van der Waals surface area contributed by atoms with Gasteiger partial charge >= 0.3 is 0 Å². The van der Waals surface area contributed by atoms with Crippen LogP contribution in [0, 0.1) is 0 Å². The Kier molecular flexibility index (Phi) is 5.86. The van der Waals surface area contributed by atoms with Crippen LogP contribution in [0.25, 0.3) is 66.1 Å². The van der Waals surface area contributed by atoms with Crippen molar-refractivity contribution in [1.82, 2.24) is 0 Å². The molecule has 1 heteroatoms. The zero-order chi connectivity index (χ0) is 31.7. The molecule has 0 N–H and O–H groups in total. The first-order valence-electron chi connectivity index (χ1n) is 16.6. The molecule has 1 aromatic heterocycles. The quantitative estimate of drug-likeness (QED) is 0.193. The maximum absolute atomic E-state index is 6.75. The van der Waals surface area contributed by atoms with Gasteiger partial charge in [-0.3, -0.25) is 0 Å². The third-order valence-electron chi connectivity index (χ3n) is 10.4. The van der Waals surface area contributed by atoms with Crippen molar-refractivity contribution in [3.63, 3.8) is 0 Å². The van der Waals surface area contributed by atoms with Gasteiger partial charge in [-0.25, -0.2) is 0 Å². The normalized spacial score (nSPS) is 13.2. The summed E-state index contributed by atoms with van der Waals surface area (Å²) >= 11 is 0. The van der Waals surface area contributed by atoms with Gasteiger partial charge in [0, 0.05) is 10.8 Å². The lowest BCUT2D eigenvalue weighted by Gasteiger charge is -2.33. The van der Waals surface area contributed by atoms with Gasteiger partial charge < -0.3 is 4.42 Å². The van der Waals surface area contributed by atoms with Crippen molar-refractivity contribution in [2.75, 3.05) is 0 Å². The lowest BCUT2D eigenvalue weighted by Crippen LogP contribution is -2.28. The molecule has 0 saturated heterocycles. The van der Waals surface area contributed by atoms with Crippen LogP contribution in [0.4, 0.5) is 0 Å². The molecule has 10 rings (SSSR count). The van der Waals surface area contributed by atoms with Gasteiger partial charge in [0.2, 0.25) is 0 Å². The van der Waals surface area contributed by atoms with E-state index in [9.17, 15) is 0 Å². The van der Waals surface area contributed by atoms with Crippen molar-refractivity contribution in [2.24, 2.45) is 0 Å². The highest BCUT2D eigenvalue weighted by molar-refractivity contribution is 6.14. The first-order chi connectivity index (χ1) is 23.8. The smallest absolute Gasteiger partial charge is 0.136 e. The molecule has 0 unspecified atom stereocenters. The first kappa shape index (κ1) is 27.0. The summed E-state index contributed by atoms with van der Waals surface area (Å²) in [6, 6.07) is 66.1. The van der Waals surface area contributed by atoms with E-state index in [0.717, 1.165) is 21.9 Å². The lowest BCUT2D eigenvalue weighted by molar-refractivity contribution is 0.666. The standard InChI is InChI=1S/C47H30O/c1-3-15-34(16-4-1)47(35-17-5-2-6-18-35)42-23-10-9-20-39(42)40-29-41-45(30-43(40)47)48-44-24-12-22-38(46(41)44)33-27-25-32(26-28-33)37-21-11-14-31-13-7-8-19-36(31)37/h1-30H. The monoisotopic (exact) mass is 610 g/mol. The van der Waals surface area contributed by atoms with Crippen LogP contribution in [0.1, 0.15) is 22.3 Å². The third kappa shape index (κ3) is 3.79. The van der Waals surface area contributed by atoms with Crippen LogP contribution in [-0.4, -0.2) is 0 Å². The summed E-state index contributed by atoms with van der Waals surface area (Å²) in [5.41, 5.74) is 13.8. The molecular formula is C47H30O. The number of rotatable bonds is 4. The molecule has 0 aliphatic heterocycles. The molecule has 0 radical (unpaired) electrons. The second kappa shape index (κ2) is 10.4. The highest BCUT2D eigenvalue weighted by Crippen LogP contribution is 2.57. The number of benzene rings is 8. The molecule has 1 aliphatic carbocycles. The summed E-state index contributed by atoms with van der Waals surface area (Å²) in [6.07, 6.45) is 0. The highest BCUT2D eigenvalue weighted by Gasteiger charge is 2.46. The summed E-state index contributed by atoms with van der Waals surface area (Å²) in [6.45, 7) is 0. The molecule has 0 amide bonds. The summed E-state index contributed by atoms with van der Waals surface area (Å²) in [7, 11) is 0. The largest absolute Gasteiger partial charge is 0.456 e. The fourth-order valence-corrected chi connectivity index (χ4v) is 8.31. The summed E-state index contributed by atoms with van der Waals surface area (Å²) < 4.78 is 6.75. The van der Waals surface area contributed by atoms with E-state index >= 15 is 0 Å². The molecule has 1 heterocycles. The molecule has 1 aliphatic rings. The van der Waals surface area contributed by atoms with E-state index in [2.05, 4.69) is 182 Å². The Hall–Kier alpha value is -6.18. The van der Waals surface area contributed by atoms with Gasteiger partial charge in [0.25, 0.3) is 0 Å². The number of hydrogen-bond donors (Lipinski definition) is 0. The molecule has 0 spiro atoms. The molecule has 8 aromatic carbocycles. The van der Waals surface area contributed by atoms with Crippen LogP contribution in [0.2, 0.25) is 0 Å². The van der Waals surface area contributed by atoms with Gasteiger partial charge in [0.15, 0.2) is 0 Å². The zero-order valence-corrected chi connectivity index (χ0v) is 26.2. The van der Waals surface area contributed by atoms with E-state index in [1.54, 1.807) is 0 Å². The Morgan fingerprint density at radius 2 is 0.938 bits per heavy atom. The number of fused-ring (bicyclic) bond motifs is 7. The number of hydrogen-bond acceptors (Lipinski definition) is 1. The van der Waals surface area contributed by atoms with Gasteiger partial charge in [-0.05, 0) is 84.6 Å². The molecule has 48 heavy (non-hydrogen) atoms. The molecule has 9 aromatic rings. The van der Waals surface area contributed by atoms with Gasteiger partial charge in [-0.2, -0.15) is 0 Å². The summed E-state index contributed by atoms with van der Waals surface area (Å²) in [4.78, 5) is 0. The maximum atomic E-state index is 6.75. The fourth-order valence-electron chi connectivity index (χ4n) is 8.31. The zero-order valence-electron chi connectivity index (χ0n) is 26.2. The van der Waals surface area contributed by atoms with Crippen LogP contribution >= 0.6 is 0 Å². The van der Waals surface area contributed by atoms with Crippen molar-refractivity contribution in [1.29, 1.82) is 0 Å². The van der Waals surface area contributed by atoms with Crippen molar-refractivity contribution in [3.05, 3.63) is 204 Å². The predicted octanol–water partition coefficient (Wildman–Crippen LogP) is 12.4. The number of furan rings is 1. The molecule has 0 bridgehead atoms. The molecule has 0 saturated carbocycles. The second-order valence-corrected chi connectivity index (χ2v) is 12.8. The molecular weight excluding hydrogens is 581 g/mol. The van der Waals surface area contributed by atoms with Crippen LogP contribution in [0.5, 0.6) is 0 Å². The Bertz CT molecular complexity index is 2600. The van der Waals surface area contributed by atoms with Gasteiger partial charge in [-0.15, -0.1) is 0 Å². The van der Waals surface area contributed by atoms with E-state index < -0.39 is 5.41 Å².